The van der Waals surface area contributed by atoms with Gasteiger partial charge in [0, 0.05) is 0 Å². The number of hydrogen-bond acceptors (Lipinski definition) is 2. The highest BCUT2D eigenvalue weighted by atomic mass is 16.3. The lowest BCUT2D eigenvalue weighted by molar-refractivity contribution is 0.400. The molecule has 1 aromatic carbocycles. The molecule has 0 aromatic heterocycles. The number of aryl methyl sites for hydroxylation is 1. The van der Waals surface area contributed by atoms with Crippen LogP contribution in [0.3, 0.4) is 0 Å². The number of aromatic hydroxyl groups is 2. The van der Waals surface area contributed by atoms with Crippen LogP contribution in [-0.4, -0.2) is 10.2 Å². The van der Waals surface area contributed by atoms with Crippen LogP contribution in [-0.2, 0) is 0 Å². The van der Waals surface area contributed by atoms with Crippen molar-refractivity contribution in [2.75, 3.05) is 0 Å². The third-order valence-corrected chi connectivity index (χ3v) is 2.48. The maximum atomic E-state index is 9.38. The topological polar surface area (TPSA) is 40.5 Å². The van der Waals surface area contributed by atoms with Gasteiger partial charge in [-0.2, -0.15) is 0 Å². The van der Waals surface area contributed by atoms with Crippen molar-refractivity contribution in [2.24, 2.45) is 0 Å². The van der Waals surface area contributed by atoms with Crippen molar-refractivity contribution in [1.29, 1.82) is 0 Å². The van der Waals surface area contributed by atoms with Crippen molar-refractivity contribution in [3.8, 4) is 11.5 Å². The molecule has 0 aliphatic rings. The molecule has 0 fully saturated rings. The van der Waals surface area contributed by atoms with E-state index in [4.69, 9.17) is 0 Å². The lowest BCUT2D eigenvalue weighted by atomic mass is 9.96. The third-order valence-electron chi connectivity index (χ3n) is 2.48. The van der Waals surface area contributed by atoms with E-state index in [2.05, 4.69) is 13.8 Å². The first-order chi connectivity index (χ1) is 6.06. The first kappa shape index (κ1) is 9.90. The summed E-state index contributed by atoms with van der Waals surface area (Å²) in [6, 6.07) is 3.56. The van der Waals surface area contributed by atoms with Crippen LogP contribution in [0.25, 0.3) is 0 Å². The molecule has 1 aromatic rings. The van der Waals surface area contributed by atoms with Crippen LogP contribution >= 0.6 is 0 Å². The molecule has 2 heteroatoms. The van der Waals surface area contributed by atoms with Gasteiger partial charge in [0.25, 0.3) is 0 Å². The number of benzene rings is 1. The highest BCUT2D eigenvalue weighted by molar-refractivity contribution is 5.47. The zero-order valence-corrected chi connectivity index (χ0v) is 8.33. The molecule has 72 valence electrons. The smallest absolute Gasteiger partial charge is 0.160 e. The zero-order valence-electron chi connectivity index (χ0n) is 8.33. The Morgan fingerprint density at radius 1 is 1.31 bits per heavy atom. The van der Waals surface area contributed by atoms with Crippen molar-refractivity contribution in [1.82, 2.24) is 0 Å². The second-order valence-electron chi connectivity index (χ2n) is 3.51. The first-order valence-electron chi connectivity index (χ1n) is 4.58. The summed E-state index contributed by atoms with van der Waals surface area (Å²) >= 11 is 0. The molecule has 0 radical (unpaired) electrons. The average Bonchev–Trinajstić information content (AvgIpc) is 2.12. The SMILES string of the molecule is CCC(C)c1cc(C)c(O)c(O)c1. The van der Waals surface area contributed by atoms with Crippen molar-refractivity contribution < 1.29 is 10.2 Å². The highest BCUT2D eigenvalue weighted by Crippen LogP contribution is 2.33. The van der Waals surface area contributed by atoms with Gasteiger partial charge in [0.1, 0.15) is 0 Å². The highest BCUT2D eigenvalue weighted by Gasteiger charge is 2.09. The van der Waals surface area contributed by atoms with E-state index >= 15 is 0 Å². The fourth-order valence-corrected chi connectivity index (χ4v) is 1.31. The van der Waals surface area contributed by atoms with E-state index in [-0.39, 0.29) is 11.5 Å². The minimum atomic E-state index is -0.0182. The van der Waals surface area contributed by atoms with Crippen LogP contribution in [0.5, 0.6) is 11.5 Å². The van der Waals surface area contributed by atoms with Crippen molar-refractivity contribution in [3.05, 3.63) is 23.3 Å². The van der Waals surface area contributed by atoms with E-state index in [1.54, 1.807) is 13.0 Å². The maximum Gasteiger partial charge on any atom is 0.160 e. The summed E-state index contributed by atoms with van der Waals surface area (Å²) in [7, 11) is 0. The van der Waals surface area contributed by atoms with Gasteiger partial charge < -0.3 is 10.2 Å². The van der Waals surface area contributed by atoms with Crippen LogP contribution in [0.2, 0.25) is 0 Å². The Hall–Kier alpha value is -1.18. The zero-order chi connectivity index (χ0) is 10.0. The van der Waals surface area contributed by atoms with Crippen molar-refractivity contribution in [2.45, 2.75) is 33.1 Å². The van der Waals surface area contributed by atoms with Gasteiger partial charge in [-0.15, -0.1) is 0 Å². The summed E-state index contributed by atoms with van der Waals surface area (Å²) < 4.78 is 0. The molecular formula is C11H16O2. The molecule has 0 spiro atoms. The fraction of sp³-hybridized carbons (Fsp3) is 0.455. The molecule has 0 aliphatic carbocycles. The monoisotopic (exact) mass is 180 g/mol. The summed E-state index contributed by atoms with van der Waals surface area (Å²) in [5.41, 5.74) is 1.81. The van der Waals surface area contributed by atoms with E-state index in [0.717, 1.165) is 17.5 Å². The molecular weight excluding hydrogens is 164 g/mol. The molecule has 0 amide bonds. The lowest BCUT2D eigenvalue weighted by Gasteiger charge is -2.11. The Bertz CT molecular complexity index is 282. The van der Waals surface area contributed by atoms with E-state index < -0.39 is 0 Å². The molecule has 1 atom stereocenters. The molecule has 0 saturated heterocycles. The standard InChI is InChI=1S/C11H16O2/c1-4-7(2)9-5-8(3)11(13)10(12)6-9/h5-7,12-13H,4H2,1-3H3. The Morgan fingerprint density at radius 3 is 2.38 bits per heavy atom. The minimum Gasteiger partial charge on any atom is -0.504 e. The summed E-state index contributed by atoms with van der Waals surface area (Å²) in [4.78, 5) is 0. The molecule has 0 saturated carbocycles. The van der Waals surface area contributed by atoms with E-state index in [1.165, 1.54) is 0 Å². The predicted octanol–water partition coefficient (Wildman–Crippen LogP) is 2.92. The third kappa shape index (κ3) is 1.94. The second kappa shape index (κ2) is 3.69. The predicted molar refractivity (Wildman–Crippen MR) is 53.2 cm³/mol. The normalized spacial score (nSPS) is 12.8. The van der Waals surface area contributed by atoms with Crippen LogP contribution in [0.4, 0.5) is 0 Å². The number of rotatable bonds is 2. The Morgan fingerprint density at radius 2 is 1.92 bits per heavy atom. The van der Waals surface area contributed by atoms with Crippen molar-refractivity contribution in [3.63, 3.8) is 0 Å². The Balaban J connectivity index is 3.13. The molecule has 2 nitrogen and oxygen atoms in total. The molecule has 13 heavy (non-hydrogen) atoms. The Labute approximate surface area is 78.8 Å². The van der Waals surface area contributed by atoms with Gasteiger partial charge in [0.2, 0.25) is 0 Å². The Kier molecular flexibility index (Phi) is 2.81. The molecule has 0 bridgehead atoms. The maximum absolute atomic E-state index is 9.38. The van der Waals surface area contributed by atoms with Crippen molar-refractivity contribution >= 4 is 0 Å². The van der Waals surface area contributed by atoms with Crippen LogP contribution < -0.4 is 0 Å². The molecule has 1 rings (SSSR count). The number of hydrogen-bond donors (Lipinski definition) is 2. The van der Waals surface area contributed by atoms with Gasteiger partial charge in [0.05, 0.1) is 0 Å². The second-order valence-corrected chi connectivity index (χ2v) is 3.51. The van der Waals surface area contributed by atoms with Gasteiger partial charge in [-0.1, -0.05) is 19.9 Å². The fourth-order valence-electron chi connectivity index (χ4n) is 1.31. The molecule has 2 N–H and O–H groups in total. The van der Waals surface area contributed by atoms with E-state index in [9.17, 15) is 10.2 Å². The minimum absolute atomic E-state index is 0.00736. The molecule has 0 heterocycles. The van der Waals surface area contributed by atoms with Gasteiger partial charge in [-0.05, 0) is 36.5 Å². The summed E-state index contributed by atoms with van der Waals surface area (Å²) in [5.74, 6) is 0.396. The summed E-state index contributed by atoms with van der Waals surface area (Å²) in [6.45, 7) is 6.00. The van der Waals surface area contributed by atoms with Gasteiger partial charge in [-0.25, -0.2) is 0 Å². The van der Waals surface area contributed by atoms with Gasteiger partial charge in [0.15, 0.2) is 11.5 Å². The average molecular weight is 180 g/mol. The number of phenols is 2. The quantitative estimate of drug-likeness (QED) is 0.687. The van der Waals surface area contributed by atoms with Crippen LogP contribution in [0.1, 0.15) is 37.3 Å². The van der Waals surface area contributed by atoms with Crippen LogP contribution in [0, 0.1) is 6.92 Å². The summed E-state index contributed by atoms with van der Waals surface area (Å²) in [5, 5.41) is 18.7. The van der Waals surface area contributed by atoms with E-state index in [1.807, 2.05) is 6.07 Å². The van der Waals surface area contributed by atoms with E-state index in [0.29, 0.717) is 5.92 Å². The number of phenolic OH excluding ortho intramolecular Hbond substituents is 2. The van der Waals surface area contributed by atoms with Gasteiger partial charge >= 0.3 is 0 Å². The van der Waals surface area contributed by atoms with Gasteiger partial charge in [-0.3, -0.25) is 0 Å². The molecule has 1 unspecified atom stereocenters. The summed E-state index contributed by atoms with van der Waals surface area (Å²) in [6.07, 6.45) is 1.03. The lowest BCUT2D eigenvalue weighted by Crippen LogP contribution is -1.92. The van der Waals surface area contributed by atoms with Crippen LogP contribution in [0.15, 0.2) is 12.1 Å². The molecule has 0 aliphatic heterocycles. The largest absolute Gasteiger partial charge is 0.504 e. The first-order valence-corrected chi connectivity index (χ1v) is 4.58.